The van der Waals surface area contributed by atoms with Gasteiger partial charge < -0.3 is 9.64 Å². The first-order valence-electron chi connectivity index (χ1n) is 11.2. The van der Waals surface area contributed by atoms with E-state index in [-0.39, 0.29) is 23.0 Å². The highest BCUT2D eigenvalue weighted by Gasteiger charge is 2.32. The normalized spacial score (nSPS) is 17.1. The minimum absolute atomic E-state index is 0.106. The summed E-state index contributed by atoms with van der Waals surface area (Å²) in [4.78, 5) is 19.7. The Labute approximate surface area is 200 Å². The van der Waals surface area contributed by atoms with Gasteiger partial charge in [0, 0.05) is 33.2 Å². The van der Waals surface area contributed by atoms with E-state index in [0.29, 0.717) is 49.6 Å². The maximum Gasteiger partial charge on any atom is 0.301 e. The maximum atomic E-state index is 13.4. The van der Waals surface area contributed by atoms with Gasteiger partial charge in [-0.3, -0.25) is 9.48 Å². The van der Waals surface area contributed by atoms with Crippen molar-refractivity contribution in [3.8, 4) is 5.75 Å². The van der Waals surface area contributed by atoms with Crippen LogP contribution in [0.3, 0.4) is 0 Å². The number of amidine groups is 1. The number of aromatic nitrogens is 2. The number of carbonyl (C=O) groups excluding carboxylic acids is 1. The van der Waals surface area contributed by atoms with Crippen LogP contribution in [0.5, 0.6) is 5.75 Å². The van der Waals surface area contributed by atoms with Gasteiger partial charge in [-0.05, 0) is 31.7 Å². The Hall–Kier alpha value is -3.02. The van der Waals surface area contributed by atoms with Crippen molar-refractivity contribution in [3.05, 3.63) is 47.8 Å². The van der Waals surface area contributed by atoms with Crippen LogP contribution in [0.15, 0.2) is 40.7 Å². The van der Waals surface area contributed by atoms with Crippen molar-refractivity contribution >= 4 is 27.5 Å². The molecule has 34 heavy (non-hydrogen) atoms. The summed E-state index contributed by atoms with van der Waals surface area (Å²) in [5, 5.41) is 8.43. The van der Waals surface area contributed by atoms with E-state index in [1.54, 1.807) is 23.9 Å². The number of hydrogen-bond acceptors (Lipinski definition) is 7. The van der Waals surface area contributed by atoms with Crippen LogP contribution in [0.4, 0.5) is 5.69 Å². The lowest BCUT2D eigenvalue weighted by Gasteiger charge is -2.31. The van der Waals surface area contributed by atoms with Gasteiger partial charge in [0.15, 0.2) is 11.5 Å². The van der Waals surface area contributed by atoms with E-state index in [1.165, 1.54) is 16.4 Å². The van der Waals surface area contributed by atoms with Crippen LogP contribution in [-0.2, 0) is 23.5 Å². The molecular weight excluding hydrogens is 456 g/mol. The van der Waals surface area contributed by atoms with Gasteiger partial charge in [-0.15, -0.1) is 0 Å². The molecule has 2 aliphatic rings. The fourth-order valence-corrected chi connectivity index (χ4v) is 5.47. The molecule has 0 unspecified atom stereocenters. The van der Waals surface area contributed by atoms with E-state index in [4.69, 9.17) is 4.74 Å². The van der Waals surface area contributed by atoms with Gasteiger partial charge in [-0.1, -0.05) is 26.0 Å². The third-order valence-corrected chi connectivity index (χ3v) is 7.80. The fraction of sp³-hybridized carbons (Fsp3) is 0.435. The summed E-state index contributed by atoms with van der Waals surface area (Å²) in [5.74, 6) is -0.0331. The van der Waals surface area contributed by atoms with Gasteiger partial charge in [-0.2, -0.15) is 14.7 Å². The van der Waals surface area contributed by atoms with Crippen molar-refractivity contribution in [1.82, 2.24) is 24.3 Å². The standard InChI is InChI=1S/C23H29N6O4S/c1-5-7-18-20-21(26-28(18)4)23(30)25-22(24-20)17-15-16(8-9-19(17)33-14-6-2)34(31,32)29-12-10-27(3)11-13-29/h6,8-9,15H,2,5,7,10-14H2,1,3-4H3. The van der Waals surface area contributed by atoms with Crippen LogP contribution in [-0.4, -0.2) is 79.0 Å². The lowest BCUT2D eigenvalue weighted by molar-refractivity contribution is 0.0967. The SMILES string of the molecule is C=CCOc1ccc(S(=O)(=O)N2CCN(C)CC2)cc1C1=Nc2c(nn(C)c2CCC)C(=O)[N]1. The number of ether oxygens (including phenoxy) is 1. The number of amides is 1. The first-order chi connectivity index (χ1) is 16.3. The van der Waals surface area contributed by atoms with E-state index in [1.807, 2.05) is 14.0 Å². The number of fused-ring (bicyclic) bond motifs is 1. The molecule has 4 rings (SSSR count). The van der Waals surface area contributed by atoms with Gasteiger partial charge in [0.1, 0.15) is 18.0 Å². The molecule has 1 aromatic carbocycles. The molecule has 1 fully saturated rings. The molecule has 1 aromatic heterocycles. The van der Waals surface area contributed by atoms with Gasteiger partial charge in [0.25, 0.3) is 0 Å². The minimum atomic E-state index is -3.74. The minimum Gasteiger partial charge on any atom is -0.489 e. The van der Waals surface area contributed by atoms with Crippen molar-refractivity contribution in [2.45, 2.75) is 24.7 Å². The summed E-state index contributed by atoms with van der Waals surface area (Å²) < 4.78 is 35.6. The topological polar surface area (TPSA) is 111 Å². The highest BCUT2D eigenvalue weighted by atomic mass is 32.2. The van der Waals surface area contributed by atoms with Crippen LogP contribution >= 0.6 is 0 Å². The lowest BCUT2D eigenvalue weighted by atomic mass is 10.1. The Morgan fingerprint density at radius 2 is 1.91 bits per heavy atom. The highest BCUT2D eigenvalue weighted by molar-refractivity contribution is 7.89. The molecule has 2 aliphatic heterocycles. The van der Waals surface area contributed by atoms with Crippen LogP contribution in [0.25, 0.3) is 0 Å². The zero-order valence-corrected chi connectivity index (χ0v) is 20.5. The molecule has 0 bridgehead atoms. The molecule has 3 heterocycles. The Morgan fingerprint density at radius 1 is 1.18 bits per heavy atom. The molecule has 1 radical (unpaired) electrons. The summed E-state index contributed by atoms with van der Waals surface area (Å²) in [6.07, 6.45) is 3.14. The number of hydrogen-bond donors (Lipinski definition) is 0. The van der Waals surface area contributed by atoms with Crippen LogP contribution < -0.4 is 10.1 Å². The Bertz CT molecular complexity index is 1240. The largest absolute Gasteiger partial charge is 0.489 e. The van der Waals surface area contributed by atoms with Crippen molar-refractivity contribution in [2.24, 2.45) is 12.0 Å². The quantitative estimate of drug-likeness (QED) is 0.527. The third kappa shape index (κ3) is 4.50. The first kappa shape index (κ1) is 24.1. The number of carbonyl (C=O) groups is 1. The number of likely N-dealkylation sites (N-methyl/N-ethyl adjacent to an activating group) is 1. The second-order valence-electron chi connectivity index (χ2n) is 8.33. The smallest absolute Gasteiger partial charge is 0.301 e. The molecular formula is C23H29N6O4S. The van der Waals surface area contributed by atoms with E-state index in [0.717, 1.165) is 12.1 Å². The number of aliphatic imine (C=N–C) groups is 1. The van der Waals surface area contributed by atoms with E-state index >= 15 is 0 Å². The second-order valence-corrected chi connectivity index (χ2v) is 10.3. The molecule has 1 saturated heterocycles. The highest BCUT2D eigenvalue weighted by Crippen LogP contribution is 2.32. The third-order valence-electron chi connectivity index (χ3n) is 5.90. The summed E-state index contributed by atoms with van der Waals surface area (Å²) in [7, 11) is -0.000906. The van der Waals surface area contributed by atoms with Crippen LogP contribution in [0.1, 0.15) is 35.1 Å². The van der Waals surface area contributed by atoms with Crippen LogP contribution in [0, 0.1) is 0 Å². The number of aryl methyl sites for hydroxylation is 1. The average molecular weight is 486 g/mol. The molecule has 10 nitrogen and oxygen atoms in total. The van der Waals surface area contributed by atoms with Crippen molar-refractivity contribution in [3.63, 3.8) is 0 Å². The van der Waals surface area contributed by atoms with E-state index < -0.39 is 15.9 Å². The van der Waals surface area contributed by atoms with Gasteiger partial charge in [0.2, 0.25) is 10.0 Å². The number of rotatable bonds is 8. The predicted octanol–water partition coefficient (Wildman–Crippen LogP) is 1.71. The molecule has 0 aliphatic carbocycles. The summed E-state index contributed by atoms with van der Waals surface area (Å²) >= 11 is 0. The van der Waals surface area contributed by atoms with E-state index in [2.05, 4.69) is 26.9 Å². The molecule has 11 heteroatoms. The Kier molecular flexibility index (Phi) is 6.87. The number of nitrogens with zero attached hydrogens (tertiary/aromatic N) is 6. The lowest BCUT2D eigenvalue weighted by Crippen LogP contribution is -2.47. The second kappa shape index (κ2) is 9.69. The molecule has 2 aromatic rings. The Balaban J connectivity index is 1.80. The predicted molar refractivity (Wildman–Crippen MR) is 128 cm³/mol. The molecule has 1 amide bonds. The summed E-state index contributed by atoms with van der Waals surface area (Å²) in [6.45, 7) is 8.05. The first-order valence-corrected chi connectivity index (χ1v) is 12.7. The van der Waals surface area contributed by atoms with Gasteiger partial charge in [-0.25, -0.2) is 13.4 Å². The maximum absolute atomic E-state index is 13.4. The molecule has 181 valence electrons. The van der Waals surface area contributed by atoms with Crippen LogP contribution in [0.2, 0.25) is 0 Å². The molecule has 0 spiro atoms. The number of piperazine rings is 1. The van der Waals surface area contributed by atoms with Crippen molar-refractivity contribution < 1.29 is 17.9 Å². The zero-order chi connectivity index (χ0) is 24.5. The van der Waals surface area contributed by atoms with Crippen molar-refractivity contribution in [1.29, 1.82) is 0 Å². The number of sulfonamides is 1. The number of benzene rings is 1. The monoisotopic (exact) mass is 485 g/mol. The fourth-order valence-electron chi connectivity index (χ4n) is 4.02. The van der Waals surface area contributed by atoms with Gasteiger partial charge in [0.05, 0.1) is 16.2 Å². The zero-order valence-electron chi connectivity index (χ0n) is 19.7. The molecule has 0 N–H and O–H groups in total. The Morgan fingerprint density at radius 3 is 2.59 bits per heavy atom. The van der Waals surface area contributed by atoms with Crippen molar-refractivity contribution in [2.75, 3.05) is 39.8 Å². The van der Waals surface area contributed by atoms with Gasteiger partial charge >= 0.3 is 5.91 Å². The molecule has 0 saturated carbocycles. The molecule has 0 atom stereocenters. The van der Waals surface area contributed by atoms with E-state index in [9.17, 15) is 13.2 Å². The average Bonchev–Trinajstić information content (AvgIpc) is 3.14. The summed E-state index contributed by atoms with van der Waals surface area (Å²) in [5.41, 5.74) is 1.83. The summed E-state index contributed by atoms with van der Waals surface area (Å²) in [6, 6.07) is 4.58.